The summed E-state index contributed by atoms with van der Waals surface area (Å²) in [6.45, 7) is 5.07. The molecule has 0 fully saturated rings. The number of aryl methyl sites for hydroxylation is 1. The van der Waals surface area contributed by atoms with Crippen molar-refractivity contribution >= 4 is 33.3 Å². The highest BCUT2D eigenvalue weighted by Crippen LogP contribution is 2.34. The lowest BCUT2D eigenvalue weighted by Crippen LogP contribution is -2.33. The number of nitrogens with zero attached hydrogens (tertiary/aromatic N) is 2. The Morgan fingerprint density at radius 1 is 1.19 bits per heavy atom. The van der Waals surface area contributed by atoms with E-state index in [-0.39, 0.29) is 12.1 Å². The van der Waals surface area contributed by atoms with Crippen molar-refractivity contribution in [1.82, 2.24) is 9.88 Å². The zero-order valence-electron chi connectivity index (χ0n) is 15.5. The molecule has 27 heavy (non-hydrogen) atoms. The maximum Gasteiger partial charge on any atom is 0.322 e. The van der Waals surface area contributed by atoms with Gasteiger partial charge in [-0.25, -0.2) is 9.78 Å². The van der Waals surface area contributed by atoms with E-state index >= 15 is 0 Å². The number of amides is 2. The van der Waals surface area contributed by atoms with E-state index in [1.165, 1.54) is 0 Å². The standard InChI is InChI=1S/C20H21N3O3S/c1-12(14-4-7-17-18(10-14)26-9-8-25-17)23(3)20(24)22-15-5-6-16-19(11-15)27-13(2)21-16/h4-7,10-12H,8-9H2,1-3H3,(H,22,24)/t12-/m1/s1. The number of benzene rings is 2. The number of carbonyl (C=O) groups excluding carboxylic acids is 1. The number of hydrogen-bond acceptors (Lipinski definition) is 5. The summed E-state index contributed by atoms with van der Waals surface area (Å²) in [7, 11) is 1.78. The number of fused-ring (bicyclic) bond motifs is 2. The number of anilines is 1. The van der Waals surface area contributed by atoms with Crippen LogP contribution in [0.3, 0.4) is 0 Å². The number of thiazole rings is 1. The predicted molar refractivity (Wildman–Crippen MR) is 107 cm³/mol. The molecule has 4 rings (SSSR count). The Hall–Kier alpha value is -2.80. The van der Waals surface area contributed by atoms with Crippen molar-refractivity contribution in [2.24, 2.45) is 0 Å². The van der Waals surface area contributed by atoms with E-state index in [9.17, 15) is 4.79 Å². The Morgan fingerprint density at radius 3 is 2.78 bits per heavy atom. The van der Waals surface area contributed by atoms with Crippen LogP contribution in [-0.2, 0) is 0 Å². The Balaban J connectivity index is 1.48. The minimum absolute atomic E-state index is 0.116. The fourth-order valence-electron chi connectivity index (χ4n) is 3.05. The van der Waals surface area contributed by atoms with Gasteiger partial charge in [0.05, 0.1) is 21.3 Å². The van der Waals surface area contributed by atoms with Crippen molar-refractivity contribution in [2.75, 3.05) is 25.6 Å². The molecule has 1 N–H and O–H groups in total. The van der Waals surface area contributed by atoms with Gasteiger partial charge in [0, 0.05) is 12.7 Å². The maximum atomic E-state index is 12.7. The van der Waals surface area contributed by atoms with Gasteiger partial charge in [0.25, 0.3) is 0 Å². The van der Waals surface area contributed by atoms with Gasteiger partial charge in [-0.1, -0.05) is 6.07 Å². The number of urea groups is 1. The van der Waals surface area contributed by atoms with E-state index in [0.29, 0.717) is 13.2 Å². The fourth-order valence-corrected chi connectivity index (χ4v) is 3.91. The minimum Gasteiger partial charge on any atom is -0.486 e. The quantitative estimate of drug-likeness (QED) is 0.718. The van der Waals surface area contributed by atoms with Crippen LogP contribution in [0.25, 0.3) is 10.2 Å². The Bertz CT molecular complexity index is 1000. The first-order valence-electron chi connectivity index (χ1n) is 8.82. The lowest BCUT2D eigenvalue weighted by Gasteiger charge is -2.27. The highest BCUT2D eigenvalue weighted by atomic mass is 32.1. The summed E-state index contributed by atoms with van der Waals surface area (Å²) in [5.74, 6) is 1.47. The molecular formula is C20H21N3O3S. The van der Waals surface area contributed by atoms with Crippen LogP contribution >= 0.6 is 11.3 Å². The lowest BCUT2D eigenvalue weighted by molar-refractivity contribution is 0.170. The van der Waals surface area contributed by atoms with Crippen LogP contribution < -0.4 is 14.8 Å². The van der Waals surface area contributed by atoms with Crippen LogP contribution in [0.5, 0.6) is 11.5 Å². The molecule has 0 spiro atoms. The van der Waals surface area contributed by atoms with Gasteiger partial charge in [0.2, 0.25) is 0 Å². The number of ether oxygens (including phenoxy) is 2. The molecule has 1 atom stereocenters. The van der Waals surface area contributed by atoms with E-state index < -0.39 is 0 Å². The number of rotatable bonds is 3. The molecule has 0 saturated heterocycles. The van der Waals surface area contributed by atoms with Crippen LogP contribution in [0.15, 0.2) is 36.4 Å². The van der Waals surface area contributed by atoms with E-state index in [2.05, 4.69) is 10.3 Å². The third kappa shape index (κ3) is 3.55. The average Bonchev–Trinajstić information content (AvgIpc) is 3.05. The fraction of sp³-hybridized carbons (Fsp3) is 0.300. The number of carbonyl (C=O) groups is 1. The van der Waals surface area contributed by atoms with Gasteiger partial charge in [-0.15, -0.1) is 11.3 Å². The van der Waals surface area contributed by atoms with Crippen LogP contribution in [0.1, 0.15) is 23.5 Å². The molecule has 0 aliphatic carbocycles. The van der Waals surface area contributed by atoms with E-state index in [1.807, 2.05) is 50.2 Å². The summed E-state index contributed by atoms with van der Waals surface area (Å²) in [6, 6.07) is 11.3. The van der Waals surface area contributed by atoms with Crippen molar-refractivity contribution in [3.05, 3.63) is 47.0 Å². The molecule has 3 aromatic rings. The lowest BCUT2D eigenvalue weighted by atomic mass is 10.1. The van der Waals surface area contributed by atoms with Crippen LogP contribution in [0.2, 0.25) is 0 Å². The molecule has 1 aliphatic heterocycles. The van der Waals surface area contributed by atoms with Gasteiger partial charge in [-0.05, 0) is 49.7 Å². The summed E-state index contributed by atoms with van der Waals surface area (Å²) in [6.07, 6.45) is 0. The topological polar surface area (TPSA) is 63.7 Å². The van der Waals surface area contributed by atoms with Crippen molar-refractivity contribution < 1.29 is 14.3 Å². The Morgan fingerprint density at radius 2 is 1.96 bits per heavy atom. The smallest absolute Gasteiger partial charge is 0.322 e. The molecule has 0 unspecified atom stereocenters. The monoisotopic (exact) mass is 383 g/mol. The highest BCUT2D eigenvalue weighted by molar-refractivity contribution is 7.18. The molecule has 0 saturated carbocycles. The largest absolute Gasteiger partial charge is 0.486 e. The van der Waals surface area contributed by atoms with E-state index in [1.54, 1.807) is 23.3 Å². The summed E-state index contributed by atoms with van der Waals surface area (Å²) in [5, 5.41) is 3.98. The summed E-state index contributed by atoms with van der Waals surface area (Å²) in [4.78, 5) is 18.8. The third-order valence-electron chi connectivity index (χ3n) is 4.70. The van der Waals surface area contributed by atoms with Gasteiger partial charge in [-0.3, -0.25) is 0 Å². The minimum atomic E-state index is -0.169. The Kier molecular flexibility index (Phi) is 4.61. The second-order valence-corrected chi connectivity index (χ2v) is 7.77. The first-order valence-corrected chi connectivity index (χ1v) is 9.63. The van der Waals surface area contributed by atoms with Crippen molar-refractivity contribution in [3.63, 3.8) is 0 Å². The second kappa shape index (κ2) is 7.08. The summed E-state index contributed by atoms with van der Waals surface area (Å²) >= 11 is 1.62. The van der Waals surface area contributed by atoms with E-state index in [4.69, 9.17) is 9.47 Å². The van der Waals surface area contributed by atoms with Crippen LogP contribution in [0, 0.1) is 6.92 Å². The maximum absolute atomic E-state index is 12.7. The summed E-state index contributed by atoms with van der Waals surface area (Å²) in [5.41, 5.74) is 2.70. The molecule has 2 amide bonds. The summed E-state index contributed by atoms with van der Waals surface area (Å²) < 4.78 is 12.3. The zero-order chi connectivity index (χ0) is 19.0. The highest BCUT2D eigenvalue weighted by Gasteiger charge is 2.20. The zero-order valence-corrected chi connectivity index (χ0v) is 16.3. The molecule has 2 heterocycles. The molecule has 0 radical (unpaired) electrons. The molecule has 2 aromatic carbocycles. The SMILES string of the molecule is Cc1nc2ccc(NC(=O)N(C)[C@H](C)c3ccc4c(c3)OCCO4)cc2s1. The Labute approximate surface area is 161 Å². The predicted octanol–water partition coefficient (Wildman–Crippen LogP) is 4.60. The molecule has 140 valence electrons. The molecule has 7 heteroatoms. The van der Waals surface area contributed by atoms with Crippen LogP contribution in [-0.4, -0.2) is 36.2 Å². The normalized spacial score (nSPS) is 14.0. The van der Waals surface area contributed by atoms with Crippen molar-refractivity contribution in [3.8, 4) is 11.5 Å². The van der Waals surface area contributed by atoms with Crippen LogP contribution in [0.4, 0.5) is 10.5 Å². The third-order valence-corrected chi connectivity index (χ3v) is 5.63. The first-order chi connectivity index (χ1) is 13.0. The van der Waals surface area contributed by atoms with E-state index in [0.717, 1.165) is 38.0 Å². The first kappa shape index (κ1) is 17.6. The van der Waals surface area contributed by atoms with Gasteiger partial charge >= 0.3 is 6.03 Å². The molecule has 0 bridgehead atoms. The van der Waals surface area contributed by atoms with Gasteiger partial charge in [0.15, 0.2) is 11.5 Å². The molecule has 1 aliphatic rings. The van der Waals surface area contributed by atoms with Gasteiger partial charge in [0.1, 0.15) is 13.2 Å². The molecule has 1 aromatic heterocycles. The molecular weight excluding hydrogens is 362 g/mol. The number of aromatic nitrogens is 1. The van der Waals surface area contributed by atoms with Gasteiger partial charge < -0.3 is 19.7 Å². The second-order valence-electron chi connectivity index (χ2n) is 6.54. The molecule has 6 nitrogen and oxygen atoms in total. The number of nitrogens with one attached hydrogen (secondary N) is 1. The van der Waals surface area contributed by atoms with Gasteiger partial charge in [-0.2, -0.15) is 0 Å². The van der Waals surface area contributed by atoms with Crippen molar-refractivity contribution in [2.45, 2.75) is 19.9 Å². The average molecular weight is 383 g/mol. The van der Waals surface area contributed by atoms with Crippen molar-refractivity contribution in [1.29, 1.82) is 0 Å². The number of hydrogen-bond donors (Lipinski definition) is 1.